The molecule has 0 saturated heterocycles. The Kier molecular flexibility index (Phi) is 6.14. The number of anilines is 1. The molecule has 0 aliphatic heterocycles. The van der Waals surface area contributed by atoms with Crippen LogP contribution in [0.5, 0.6) is 5.75 Å². The summed E-state index contributed by atoms with van der Waals surface area (Å²) < 4.78 is 0. The van der Waals surface area contributed by atoms with Crippen molar-refractivity contribution < 1.29 is 9.90 Å². The number of fused-ring (bicyclic) bond motifs is 1. The molecule has 31 heavy (non-hydrogen) atoms. The van der Waals surface area contributed by atoms with Crippen LogP contribution in [0, 0.1) is 0 Å². The van der Waals surface area contributed by atoms with Crippen LogP contribution < -0.4 is 5.32 Å². The second kappa shape index (κ2) is 8.98. The van der Waals surface area contributed by atoms with Gasteiger partial charge in [0.1, 0.15) is 5.75 Å². The summed E-state index contributed by atoms with van der Waals surface area (Å²) in [6.45, 7) is 0. The van der Waals surface area contributed by atoms with Gasteiger partial charge >= 0.3 is 0 Å². The number of hydrogen-bond acceptors (Lipinski definition) is 3. The summed E-state index contributed by atoms with van der Waals surface area (Å²) in [5, 5.41) is 16.0. The third-order valence-electron chi connectivity index (χ3n) is 4.67. The molecule has 0 spiro atoms. The fourth-order valence-corrected chi connectivity index (χ4v) is 3.69. The van der Waals surface area contributed by atoms with Crippen LogP contribution in [0.2, 0.25) is 15.1 Å². The molecule has 4 nitrogen and oxygen atoms in total. The summed E-state index contributed by atoms with van der Waals surface area (Å²) in [4.78, 5) is 17.0. The zero-order valence-corrected chi connectivity index (χ0v) is 18.2. The Bertz CT molecular complexity index is 1320. The molecule has 1 amide bonds. The molecule has 2 N–H and O–H groups in total. The van der Waals surface area contributed by atoms with E-state index in [-0.39, 0.29) is 16.7 Å². The topological polar surface area (TPSA) is 61.7 Å². The smallest absolute Gasteiger partial charge is 0.255 e. The molecule has 0 saturated carbocycles. The van der Waals surface area contributed by atoms with E-state index in [4.69, 9.17) is 34.8 Å². The molecule has 7 heteroatoms. The number of aliphatic imine (C=N–C) groups is 1. The van der Waals surface area contributed by atoms with E-state index < -0.39 is 0 Å². The lowest BCUT2D eigenvalue weighted by atomic mass is 10.0. The van der Waals surface area contributed by atoms with Gasteiger partial charge in [-0.2, -0.15) is 0 Å². The van der Waals surface area contributed by atoms with Crippen LogP contribution in [0.15, 0.2) is 77.8 Å². The van der Waals surface area contributed by atoms with E-state index in [1.165, 1.54) is 12.3 Å². The summed E-state index contributed by atoms with van der Waals surface area (Å²) >= 11 is 18.4. The quantitative estimate of drug-likeness (QED) is 0.304. The molecule has 0 aromatic heterocycles. The predicted octanol–water partition coefficient (Wildman–Crippen LogP) is 7.51. The minimum atomic E-state index is -0.345. The maximum absolute atomic E-state index is 12.5. The second-order valence-electron chi connectivity index (χ2n) is 6.72. The van der Waals surface area contributed by atoms with E-state index in [2.05, 4.69) is 10.3 Å². The van der Waals surface area contributed by atoms with Gasteiger partial charge in [-0.25, -0.2) is 0 Å². The van der Waals surface area contributed by atoms with E-state index in [1.807, 2.05) is 30.3 Å². The van der Waals surface area contributed by atoms with Crippen LogP contribution in [0.1, 0.15) is 15.9 Å². The summed E-state index contributed by atoms with van der Waals surface area (Å²) in [5.41, 5.74) is 1.75. The van der Waals surface area contributed by atoms with Crippen molar-refractivity contribution in [1.29, 1.82) is 0 Å². The lowest BCUT2D eigenvalue weighted by molar-refractivity contribution is 0.102. The van der Waals surface area contributed by atoms with Crippen LogP contribution in [-0.2, 0) is 0 Å². The average molecular weight is 470 g/mol. The van der Waals surface area contributed by atoms with Crippen molar-refractivity contribution in [3.63, 3.8) is 0 Å². The summed E-state index contributed by atoms with van der Waals surface area (Å²) in [7, 11) is 0. The molecule has 0 aliphatic carbocycles. The third-order valence-corrected chi connectivity index (χ3v) is 5.54. The number of carbonyl (C=O) groups is 1. The van der Waals surface area contributed by atoms with E-state index in [1.54, 1.807) is 36.4 Å². The van der Waals surface area contributed by atoms with Crippen LogP contribution >= 0.6 is 34.8 Å². The van der Waals surface area contributed by atoms with Gasteiger partial charge in [0.05, 0.1) is 21.4 Å². The highest BCUT2D eigenvalue weighted by atomic mass is 35.5. The zero-order valence-electron chi connectivity index (χ0n) is 15.9. The molecular formula is C24H15Cl3N2O2. The SMILES string of the molecule is O=C(Nc1cc(N=Cc2c(O)ccc3ccccc23)c(Cl)cc1Cl)c1ccc(Cl)cc1. The largest absolute Gasteiger partial charge is 0.507 e. The van der Waals surface area contributed by atoms with Gasteiger partial charge in [-0.15, -0.1) is 0 Å². The van der Waals surface area contributed by atoms with E-state index >= 15 is 0 Å². The van der Waals surface area contributed by atoms with Crippen LogP contribution in [0.3, 0.4) is 0 Å². The summed E-state index contributed by atoms with van der Waals surface area (Å²) in [5.74, 6) is -0.244. The van der Waals surface area contributed by atoms with Gasteiger partial charge in [0.15, 0.2) is 0 Å². The highest BCUT2D eigenvalue weighted by Crippen LogP contribution is 2.35. The molecule has 0 unspecified atom stereocenters. The van der Waals surface area contributed by atoms with E-state index in [0.717, 1.165) is 10.8 Å². The number of phenols is 1. The molecule has 0 radical (unpaired) electrons. The Hall–Kier alpha value is -3.05. The Morgan fingerprint density at radius 3 is 2.42 bits per heavy atom. The fourth-order valence-electron chi connectivity index (χ4n) is 3.08. The highest BCUT2D eigenvalue weighted by molar-refractivity contribution is 6.38. The Morgan fingerprint density at radius 1 is 0.903 bits per heavy atom. The molecule has 0 aliphatic rings. The van der Waals surface area contributed by atoms with Crippen LogP contribution in [-0.4, -0.2) is 17.2 Å². The third kappa shape index (κ3) is 4.67. The monoisotopic (exact) mass is 468 g/mol. The number of hydrogen-bond donors (Lipinski definition) is 2. The number of phenolic OH excluding ortho intramolecular Hbond substituents is 1. The first-order valence-corrected chi connectivity index (χ1v) is 10.4. The number of rotatable bonds is 4. The maximum Gasteiger partial charge on any atom is 0.255 e. The number of nitrogens with zero attached hydrogens (tertiary/aromatic N) is 1. The van der Waals surface area contributed by atoms with Crippen LogP contribution in [0.25, 0.3) is 10.8 Å². The number of nitrogens with one attached hydrogen (secondary N) is 1. The van der Waals surface area contributed by atoms with Crippen molar-refractivity contribution in [2.24, 2.45) is 4.99 Å². The van der Waals surface area contributed by atoms with Crippen molar-refractivity contribution in [3.05, 3.63) is 99.0 Å². The first-order chi connectivity index (χ1) is 14.9. The lowest BCUT2D eigenvalue weighted by Gasteiger charge is -2.10. The Labute approximate surface area is 193 Å². The number of benzene rings is 4. The predicted molar refractivity (Wildman–Crippen MR) is 129 cm³/mol. The molecule has 0 heterocycles. The molecule has 0 atom stereocenters. The second-order valence-corrected chi connectivity index (χ2v) is 7.97. The van der Waals surface area contributed by atoms with Crippen LogP contribution in [0.4, 0.5) is 11.4 Å². The van der Waals surface area contributed by atoms with Gasteiger partial charge in [0, 0.05) is 22.4 Å². The number of carbonyl (C=O) groups excluding carboxylic acids is 1. The Balaban J connectivity index is 1.66. The summed E-state index contributed by atoms with van der Waals surface area (Å²) in [6, 6.07) is 20.7. The van der Waals surface area contributed by atoms with E-state index in [9.17, 15) is 9.90 Å². The van der Waals surface area contributed by atoms with Gasteiger partial charge in [-0.05, 0) is 53.2 Å². The zero-order chi connectivity index (χ0) is 22.0. The van der Waals surface area contributed by atoms with Gasteiger partial charge < -0.3 is 10.4 Å². The lowest BCUT2D eigenvalue weighted by Crippen LogP contribution is -2.12. The minimum Gasteiger partial charge on any atom is -0.507 e. The summed E-state index contributed by atoms with van der Waals surface area (Å²) in [6.07, 6.45) is 1.54. The van der Waals surface area contributed by atoms with Gasteiger partial charge in [0.25, 0.3) is 5.91 Å². The normalized spacial score (nSPS) is 11.2. The maximum atomic E-state index is 12.5. The average Bonchev–Trinajstić information content (AvgIpc) is 2.76. The standard InChI is InChI=1S/C24H15Cl3N2O2/c25-16-8-5-15(6-9-16)24(31)29-22-12-21(19(26)11-20(22)27)28-13-18-17-4-2-1-3-14(17)7-10-23(18)30/h1-13,30H,(H,29,31). The molecule has 4 rings (SSSR count). The molecule has 154 valence electrons. The first-order valence-electron chi connectivity index (χ1n) is 9.23. The number of aromatic hydroxyl groups is 1. The highest BCUT2D eigenvalue weighted by Gasteiger charge is 2.12. The van der Waals surface area contributed by atoms with Gasteiger partial charge in [-0.3, -0.25) is 9.79 Å². The number of amides is 1. The minimum absolute atomic E-state index is 0.101. The van der Waals surface area contributed by atoms with Crippen molar-refractivity contribution in [2.45, 2.75) is 0 Å². The number of halogens is 3. The molecule has 0 fully saturated rings. The van der Waals surface area contributed by atoms with Crippen molar-refractivity contribution in [1.82, 2.24) is 0 Å². The van der Waals surface area contributed by atoms with E-state index in [0.29, 0.717) is 32.5 Å². The Morgan fingerprint density at radius 2 is 1.65 bits per heavy atom. The van der Waals surface area contributed by atoms with Gasteiger partial charge in [0.2, 0.25) is 0 Å². The van der Waals surface area contributed by atoms with Crippen molar-refractivity contribution >= 4 is 69.1 Å². The molecule has 4 aromatic carbocycles. The molecular weight excluding hydrogens is 455 g/mol. The van der Waals surface area contributed by atoms with Crippen molar-refractivity contribution in [2.75, 3.05) is 5.32 Å². The van der Waals surface area contributed by atoms with Crippen molar-refractivity contribution in [3.8, 4) is 5.75 Å². The first kappa shape index (κ1) is 21.2. The molecule has 0 bridgehead atoms. The van der Waals surface area contributed by atoms with Gasteiger partial charge in [-0.1, -0.05) is 65.1 Å². The molecule has 4 aromatic rings. The fraction of sp³-hybridized carbons (Fsp3) is 0.